The number of nitrogens with zero attached hydrogens (tertiary/aromatic N) is 2. The molecule has 2 rings (SSSR count). The molecule has 2 unspecified atom stereocenters. The predicted molar refractivity (Wildman–Crippen MR) is 81.0 cm³/mol. The fraction of sp³-hybridized carbons (Fsp3) is 0.667. The van der Waals surface area contributed by atoms with E-state index in [0.29, 0.717) is 5.69 Å². The van der Waals surface area contributed by atoms with Crippen molar-refractivity contribution >= 4 is 11.7 Å². The summed E-state index contributed by atoms with van der Waals surface area (Å²) in [5, 5.41) is 15.2. The van der Waals surface area contributed by atoms with Gasteiger partial charge in [-0.3, -0.25) is 0 Å². The van der Waals surface area contributed by atoms with Crippen LogP contribution in [0.1, 0.15) is 44.9 Å². The quantitative estimate of drug-likeness (QED) is 0.742. The van der Waals surface area contributed by atoms with Crippen molar-refractivity contribution in [3.05, 3.63) is 18.2 Å². The van der Waals surface area contributed by atoms with E-state index < -0.39 is 0 Å². The maximum atomic E-state index is 12.0. The number of rotatable bonds is 4. The third kappa shape index (κ3) is 4.67. The number of urea groups is 1. The Kier molecular flexibility index (Phi) is 5.92. The summed E-state index contributed by atoms with van der Waals surface area (Å²) in [6, 6.07) is -0.221. The van der Waals surface area contributed by atoms with Gasteiger partial charge in [-0.25, -0.2) is 14.8 Å². The Hall–Kier alpha value is -1.69. The maximum Gasteiger partial charge on any atom is 0.319 e. The second-order valence-electron chi connectivity index (χ2n) is 5.53. The number of aliphatic hydroxyl groups excluding tert-OH is 1. The minimum absolute atomic E-state index is 0.0355. The lowest BCUT2D eigenvalue weighted by molar-refractivity contribution is 0.182. The van der Waals surface area contributed by atoms with E-state index in [0.717, 1.165) is 37.9 Å². The van der Waals surface area contributed by atoms with E-state index in [9.17, 15) is 9.90 Å². The molecule has 2 amide bonds. The normalized spacial score (nSPS) is 22.4. The van der Waals surface area contributed by atoms with Gasteiger partial charge in [0.1, 0.15) is 5.82 Å². The molecule has 0 spiro atoms. The maximum absolute atomic E-state index is 12.0. The van der Waals surface area contributed by atoms with Crippen LogP contribution in [0, 0.1) is 5.92 Å². The highest BCUT2D eigenvalue weighted by Gasteiger charge is 2.24. The number of aryl methyl sites for hydroxylation is 1. The molecule has 0 saturated heterocycles. The molecule has 3 N–H and O–H groups in total. The molecule has 1 aromatic rings. The van der Waals surface area contributed by atoms with Crippen molar-refractivity contribution in [2.24, 2.45) is 5.92 Å². The number of aliphatic hydroxyl groups is 1. The molecular weight excluding hydrogens is 268 g/mol. The Bertz CT molecular complexity index is 449. The van der Waals surface area contributed by atoms with E-state index in [1.165, 1.54) is 6.42 Å². The highest BCUT2D eigenvalue weighted by atomic mass is 16.3. The number of hydrogen-bond acceptors (Lipinski definition) is 4. The van der Waals surface area contributed by atoms with Crippen molar-refractivity contribution in [3.8, 4) is 0 Å². The van der Waals surface area contributed by atoms with Crippen LogP contribution in [0.5, 0.6) is 0 Å². The largest absolute Gasteiger partial charge is 0.396 e. The fourth-order valence-electron chi connectivity index (χ4n) is 2.73. The number of hydrogen-bond donors (Lipinski definition) is 3. The van der Waals surface area contributed by atoms with Gasteiger partial charge >= 0.3 is 6.03 Å². The summed E-state index contributed by atoms with van der Waals surface area (Å²) in [4.78, 5) is 20.3. The number of anilines is 1. The highest BCUT2D eigenvalue weighted by Crippen LogP contribution is 2.23. The lowest BCUT2D eigenvalue weighted by atomic mass is 9.96. The summed E-state index contributed by atoms with van der Waals surface area (Å²) in [6.45, 7) is 2.11. The minimum atomic E-state index is -0.256. The monoisotopic (exact) mass is 292 g/mol. The fourth-order valence-corrected chi connectivity index (χ4v) is 2.73. The average molecular weight is 292 g/mol. The minimum Gasteiger partial charge on any atom is -0.396 e. The number of carbonyl (C=O) groups excluding carboxylic acids is 1. The number of carbonyl (C=O) groups is 1. The van der Waals surface area contributed by atoms with Gasteiger partial charge in [0.25, 0.3) is 0 Å². The van der Waals surface area contributed by atoms with Crippen LogP contribution in [0.15, 0.2) is 12.4 Å². The Labute approximate surface area is 125 Å². The molecule has 1 aliphatic rings. The van der Waals surface area contributed by atoms with Gasteiger partial charge in [-0.05, 0) is 12.8 Å². The topological polar surface area (TPSA) is 87.1 Å². The second kappa shape index (κ2) is 7.93. The first-order valence-corrected chi connectivity index (χ1v) is 7.72. The predicted octanol–water partition coefficient (Wildman–Crippen LogP) is 2.10. The first-order valence-electron chi connectivity index (χ1n) is 7.72. The van der Waals surface area contributed by atoms with Crippen LogP contribution in [0.4, 0.5) is 10.5 Å². The summed E-state index contributed by atoms with van der Waals surface area (Å²) >= 11 is 0. The molecular formula is C15H24N4O2. The smallest absolute Gasteiger partial charge is 0.319 e. The summed E-state index contributed by atoms with van der Waals surface area (Å²) < 4.78 is 0. The Morgan fingerprint density at radius 2 is 2.00 bits per heavy atom. The second-order valence-corrected chi connectivity index (χ2v) is 5.53. The Morgan fingerprint density at radius 3 is 2.67 bits per heavy atom. The molecule has 21 heavy (non-hydrogen) atoms. The molecule has 0 radical (unpaired) electrons. The molecule has 0 aliphatic heterocycles. The lowest BCUT2D eigenvalue weighted by Crippen LogP contribution is -2.43. The Morgan fingerprint density at radius 1 is 1.29 bits per heavy atom. The van der Waals surface area contributed by atoms with Crippen molar-refractivity contribution in [2.75, 3.05) is 11.9 Å². The molecule has 1 heterocycles. The van der Waals surface area contributed by atoms with Crippen molar-refractivity contribution in [3.63, 3.8) is 0 Å². The van der Waals surface area contributed by atoms with Crippen LogP contribution in [0.25, 0.3) is 0 Å². The van der Waals surface area contributed by atoms with Crippen LogP contribution in [0.2, 0.25) is 0 Å². The molecule has 2 atom stereocenters. The van der Waals surface area contributed by atoms with Gasteiger partial charge in [-0.15, -0.1) is 0 Å². The first-order chi connectivity index (χ1) is 10.2. The molecule has 1 aromatic heterocycles. The zero-order valence-electron chi connectivity index (χ0n) is 12.5. The van der Waals surface area contributed by atoms with Gasteiger partial charge < -0.3 is 15.7 Å². The van der Waals surface area contributed by atoms with Crippen molar-refractivity contribution in [2.45, 2.75) is 51.5 Å². The van der Waals surface area contributed by atoms with Crippen LogP contribution >= 0.6 is 0 Å². The van der Waals surface area contributed by atoms with Gasteiger partial charge in [-0.1, -0.05) is 26.2 Å². The van der Waals surface area contributed by atoms with Crippen LogP contribution in [-0.2, 0) is 6.42 Å². The number of aromatic nitrogens is 2. The Balaban J connectivity index is 1.89. The summed E-state index contributed by atoms with van der Waals surface area (Å²) in [7, 11) is 0. The standard InChI is InChI=1S/C15H24N4O2/c1-2-14-16-8-12(9-17-14)18-15(21)19-13-7-5-3-4-6-11(13)10-20/h8-9,11,13,20H,2-7,10H2,1H3,(H2,18,19,21). The van der Waals surface area contributed by atoms with Crippen molar-refractivity contribution < 1.29 is 9.90 Å². The number of nitrogens with one attached hydrogen (secondary N) is 2. The van der Waals surface area contributed by atoms with Crippen molar-refractivity contribution in [1.29, 1.82) is 0 Å². The summed E-state index contributed by atoms with van der Waals surface area (Å²) in [6.07, 6.45) is 9.27. The number of amides is 2. The van der Waals surface area contributed by atoms with E-state index in [1.807, 2.05) is 6.92 Å². The summed E-state index contributed by atoms with van der Waals surface area (Å²) in [5.74, 6) is 0.905. The molecule has 0 aromatic carbocycles. The van der Waals surface area contributed by atoms with Crippen LogP contribution < -0.4 is 10.6 Å². The SMILES string of the molecule is CCc1ncc(NC(=O)NC2CCCCCC2CO)cn1. The van der Waals surface area contributed by atoms with Gasteiger partial charge in [0.05, 0.1) is 18.1 Å². The van der Waals surface area contributed by atoms with E-state index in [4.69, 9.17) is 0 Å². The van der Waals surface area contributed by atoms with Crippen LogP contribution in [0.3, 0.4) is 0 Å². The van der Waals surface area contributed by atoms with Crippen LogP contribution in [-0.4, -0.2) is 33.8 Å². The zero-order chi connectivity index (χ0) is 15.1. The summed E-state index contributed by atoms with van der Waals surface area (Å²) in [5.41, 5.74) is 0.582. The molecule has 1 fully saturated rings. The lowest BCUT2D eigenvalue weighted by Gasteiger charge is -2.24. The average Bonchev–Trinajstić information content (AvgIpc) is 2.73. The van der Waals surface area contributed by atoms with E-state index in [2.05, 4.69) is 20.6 Å². The third-order valence-electron chi connectivity index (χ3n) is 3.99. The van der Waals surface area contributed by atoms with Gasteiger partial charge in [0.2, 0.25) is 0 Å². The van der Waals surface area contributed by atoms with Gasteiger partial charge in [0, 0.05) is 25.0 Å². The van der Waals surface area contributed by atoms with Gasteiger partial charge in [0.15, 0.2) is 0 Å². The molecule has 6 nitrogen and oxygen atoms in total. The molecule has 0 bridgehead atoms. The molecule has 1 saturated carbocycles. The van der Waals surface area contributed by atoms with E-state index >= 15 is 0 Å². The van der Waals surface area contributed by atoms with Crippen molar-refractivity contribution in [1.82, 2.24) is 15.3 Å². The molecule has 1 aliphatic carbocycles. The van der Waals surface area contributed by atoms with E-state index in [1.54, 1.807) is 12.4 Å². The highest BCUT2D eigenvalue weighted by molar-refractivity contribution is 5.89. The third-order valence-corrected chi connectivity index (χ3v) is 3.99. The van der Waals surface area contributed by atoms with Gasteiger partial charge in [-0.2, -0.15) is 0 Å². The zero-order valence-corrected chi connectivity index (χ0v) is 12.5. The molecule has 116 valence electrons. The first kappa shape index (κ1) is 15.7. The van der Waals surface area contributed by atoms with E-state index in [-0.39, 0.29) is 24.6 Å². The molecule has 6 heteroatoms.